The molecule has 1 heterocycles. The van der Waals surface area contributed by atoms with Crippen molar-refractivity contribution in [2.75, 3.05) is 11.9 Å². The molecule has 1 aliphatic carbocycles. The smallest absolute Gasteiger partial charge is 0.271 e. The van der Waals surface area contributed by atoms with Crippen LogP contribution in [0.5, 0.6) is 0 Å². The van der Waals surface area contributed by atoms with Gasteiger partial charge in [0.05, 0.1) is 16.8 Å². The Morgan fingerprint density at radius 2 is 1.77 bits per heavy atom. The molecule has 2 aromatic rings. The van der Waals surface area contributed by atoms with E-state index in [-0.39, 0.29) is 41.6 Å². The van der Waals surface area contributed by atoms with Gasteiger partial charge in [-0.15, -0.1) is 0 Å². The topological polar surface area (TPSA) is 110 Å². The van der Waals surface area contributed by atoms with E-state index in [2.05, 4.69) is 5.32 Å². The van der Waals surface area contributed by atoms with Crippen molar-refractivity contribution in [3.05, 3.63) is 70.3 Å². The summed E-state index contributed by atoms with van der Waals surface area (Å²) >= 11 is 0. The third-order valence-corrected chi connectivity index (χ3v) is 5.93. The molecular formula is C22H21N3O5. The van der Waals surface area contributed by atoms with E-state index in [1.54, 1.807) is 0 Å². The average molecular weight is 407 g/mol. The Labute approximate surface area is 173 Å². The van der Waals surface area contributed by atoms with E-state index < -0.39 is 16.7 Å². The first-order chi connectivity index (χ1) is 14.4. The second-order valence-electron chi connectivity index (χ2n) is 7.75. The number of nitrogens with zero attached hydrogens (tertiary/aromatic N) is 2. The van der Waals surface area contributed by atoms with E-state index in [1.807, 2.05) is 30.3 Å². The van der Waals surface area contributed by atoms with E-state index in [1.165, 1.54) is 24.3 Å². The molecule has 4 rings (SSSR count). The molecule has 3 atom stereocenters. The number of nitro benzene ring substituents is 1. The molecule has 1 aliphatic heterocycles. The van der Waals surface area contributed by atoms with Gasteiger partial charge in [0.2, 0.25) is 17.7 Å². The van der Waals surface area contributed by atoms with Crippen LogP contribution >= 0.6 is 0 Å². The van der Waals surface area contributed by atoms with Crippen molar-refractivity contribution in [3.8, 4) is 0 Å². The summed E-state index contributed by atoms with van der Waals surface area (Å²) < 4.78 is 0. The number of rotatable bonds is 5. The average Bonchev–Trinajstić information content (AvgIpc) is 2.99. The number of nitro groups is 1. The van der Waals surface area contributed by atoms with Crippen LogP contribution in [0.3, 0.4) is 0 Å². The van der Waals surface area contributed by atoms with Crippen LogP contribution < -0.4 is 5.32 Å². The van der Waals surface area contributed by atoms with Gasteiger partial charge < -0.3 is 5.32 Å². The zero-order chi connectivity index (χ0) is 21.3. The fraction of sp³-hybridized carbons (Fsp3) is 0.318. The molecule has 3 unspecified atom stereocenters. The minimum absolute atomic E-state index is 0.154. The van der Waals surface area contributed by atoms with Crippen LogP contribution in [0.15, 0.2) is 54.6 Å². The molecule has 154 valence electrons. The van der Waals surface area contributed by atoms with Gasteiger partial charge in [0.1, 0.15) is 6.54 Å². The van der Waals surface area contributed by atoms with Crippen LogP contribution in [0.1, 0.15) is 30.7 Å². The number of amides is 3. The van der Waals surface area contributed by atoms with Gasteiger partial charge in [-0.1, -0.05) is 36.4 Å². The summed E-state index contributed by atoms with van der Waals surface area (Å²) in [6.45, 7) is -0.386. The van der Waals surface area contributed by atoms with E-state index in [0.717, 1.165) is 16.9 Å². The first kappa shape index (κ1) is 19.8. The minimum Gasteiger partial charge on any atom is -0.324 e. The zero-order valence-electron chi connectivity index (χ0n) is 16.2. The molecule has 2 fully saturated rings. The summed E-state index contributed by atoms with van der Waals surface area (Å²) in [5.41, 5.74) is 1.26. The molecule has 1 saturated carbocycles. The second kappa shape index (κ2) is 8.06. The normalized spacial score (nSPS) is 23.2. The molecule has 2 aromatic carbocycles. The highest BCUT2D eigenvalue weighted by atomic mass is 16.6. The van der Waals surface area contributed by atoms with Crippen LogP contribution in [-0.2, 0) is 14.4 Å². The van der Waals surface area contributed by atoms with Gasteiger partial charge in [-0.2, -0.15) is 0 Å². The third-order valence-electron chi connectivity index (χ3n) is 5.93. The summed E-state index contributed by atoms with van der Waals surface area (Å²) in [7, 11) is 0. The molecule has 2 aliphatic rings. The Morgan fingerprint density at radius 3 is 2.50 bits per heavy atom. The minimum atomic E-state index is -0.560. The highest BCUT2D eigenvalue weighted by molar-refractivity contribution is 6.08. The Morgan fingerprint density at radius 1 is 1.03 bits per heavy atom. The van der Waals surface area contributed by atoms with Gasteiger partial charge in [-0.05, 0) is 36.8 Å². The number of fused-ring (bicyclic) bond motifs is 1. The standard InChI is InChI=1S/C22H21N3O5/c26-20(23-16-7-4-8-17(12-16)25(29)30)13-24-21(27)18-10-9-15(11-19(18)22(24)28)14-5-2-1-3-6-14/h1-8,12,15,18-19H,9-11,13H2,(H,23,26). The van der Waals surface area contributed by atoms with Crippen LogP contribution in [0.25, 0.3) is 0 Å². The number of carbonyl (C=O) groups is 3. The third kappa shape index (κ3) is 3.80. The lowest BCUT2D eigenvalue weighted by Gasteiger charge is -2.28. The van der Waals surface area contributed by atoms with Gasteiger partial charge in [-0.25, -0.2) is 0 Å². The van der Waals surface area contributed by atoms with Crippen LogP contribution in [0, 0.1) is 22.0 Å². The molecule has 0 aromatic heterocycles. The highest BCUT2D eigenvalue weighted by Crippen LogP contribution is 2.44. The summed E-state index contributed by atoms with van der Waals surface area (Å²) in [4.78, 5) is 49.4. The molecular weight excluding hydrogens is 386 g/mol. The number of hydrogen-bond acceptors (Lipinski definition) is 5. The van der Waals surface area contributed by atoms with Crippen molar-refractivity contribution in [3.63, 3.8) is 0 Å². The fourth-order valence-corrected chi connectivity index (χ4v) is 4.47. The quantitative estimate of drug-likeness (QED) is 0.465. The van der Waals surface area contributed by atoms with E-state index in [4.69, 9.17) is 0 Å². The Kier molecular flexibility index (Phi) is 5.31. The number of imide groups is 1. The first-order valence-corrected chi connectivity index (χ1v) is 9.88. The number of hydrogen-bond donors (Lipinski definition) is 1. The van der Waals surface area contributed by atoms with E-state index in [0.29, 0.717) is 12.8 Å². The van der Waals surface area contributed by atoms with Crippen molar-refractivity contribution in [1.29, 1.82) is 0 Å². The first-order valence-electron chi connectivity index (χ1n) is 9.88. The lowest BCUT2D eigenvalue weighted by molar-refractivity contribution is -0.384. The Bertz CT molecular complexity index is 1010. The molecule has 0 spiro atoms. The van der Waals surface area contributed by atoms with Gasteiger partial charge in [0, 0.05) is 17.8 Å². The monoisotopic (exact) mass is 407 g/mol. The zero-order valence-corrected chi connectivity index (χ0v) is 16.2. The Balaban J connectivity index is 1.42. The van der Waals surface area contributed by atoms with Crippen molar-refractivity contribution < 1.29 is 19.3 Å². The summed E-state index contributed by atoms with van der Waals surface area (Å²) in [5, 5.41) is 13.4. The molecule has 3 amide bonds. The number of nitrogens with one attached hydrogen (secondary N) is 1. The van der Waals surface area contributed by atoms with E-state index in [9.17, 15) is 24.5 Å². The fourth-order valence-electron chi connectivity index (χ4n) is 4.47. The van der Waals surface area contributed by atoms with Gasteiger partial charge >= 0.3 is 0 Å². The number of non-ortho nitro benzene ring substituents is 1. The van der Waals surface area contributed by atoms with Gasteiger partial charge in [0.15, 0.2) is 0 Å². The van der Waals surface area contributed by atoms with Gasteiger partial charge in [0.25, 0.3) is 5.69 Å². The van der Waals surface area contributed by atoms with Crippen molar-refractivity contribution in [1.82, 2.24) is 4.90 Å². The maximum Gasteiger partial charge on any atom is 0.271 e. The van der Waals surface area contributed by atoms with Gasteiger partial charge in [-0.3, -0.25) is 29.4 Å². The number of carbonyl (C=O) groups excluding carboxylic acids is 3. The molecule has 0 bridgehead atoms. The molecule has 1 N–H and O–H groups in total. The largest absolute Gasteiger partial charge is 0.324 e. The SMILES string of the molecule is O=C(CN1C(=O)C2CCC(c3ccccc3)CC2C1=O)Nc1cccc([N+](=O)[O-])c1. The summed E-state index contributed by atoms with van der Waals surface area (Å²) in [5.74, 6) is -1.71. The lowest BCUT2D eigenvalue weighted by atomic mass is 9.73. The molecule has 30 heavy (non-hydrogen) atoms. The molecule has 0 radical (unpaired) electrons. The number of likely N-dealkylation sites (tertiary alicyclic amines) is 1. The molecule has 1 saturated heterocycles. The maximum absolute atomic E-state index is 12.9. The Hall–Kier alpha value is -3.55. The lowest BCUT2D eigenvalue weighted by Crippen LogP contribution is -2.38. The van der Waals surface area contributed by atoms with Crippen molar-refractivity contribution in [2.45, 2.75) is 25.2 Å². The van der Waals surface area contributed by atoms with Crippen LogP contribution in [-0.4, -0.2) is 34.1 Å². The predicted octanol–water partition coefficient (Wildman–Crippen LogP) is 3.10. The second-order valence-corrected chi connectivity index (χ2v) is 7.75. The molecule has 8 heteroatoms. The highest BCUT2D eigenvalue weighted by Gasteiger charge is 2.50. The summed E-state index contributed by atoms with van der Waals surface area (Å²) in [6, 6.07) is 15.5. The van der Waals surface area contributed by atoms with Crippen molar-refractivity contribution >= 4 is 29.1 Å². The number of anilines is 1. The van der Waals surface area contributed by atoms with Crippen LogP contribution in [0.4, 0.5) is 11.4 Å². The maximum atomic E-state index is 12.9. The number of benzene rings is 2. The van der Waals surface area contributed by atoms with Crippen LogP contribution in [0.2, 0.25) is 0 Å². The molecule has 8 nitrogen and oxygen atoms in total. The van der Waals surface area contributed by atoms with Crippen molar-refractivity contribution in [2.24, 2.45) is 11.8 Å². The predicted molar refractivity (Wildman–Crippen MR) is 108 cm³/mol. The summed E-state index contributed by atoms with van der Waals surface area (Å²) in [6.07, 6.45) is 2.05. The van der Waals surface area contributed by atoms with E-state index >= 15 is 0 Å².